The molecule has 2 nitrogen and oxygen atoms in total. The Morgan fingerprint density at radius 2 is 2.39 bits per heavy atom. The Balaban J connectivity index is 2.22. The number of benzene rings is 1. The van der Waals surface area contributed by atoms with Gasteiger partial charge >= 0.3 is 0 Å². The minimum atomic E-state index is 0.0595. The molecule has 0 radical (unpaired) electrons. The number of fused-ring (bicyclic) bond motifs is 1. The minimum Gasteiger partial charge on any atom is -0.487 e. The van der Waals surface area contributed by atoms with Gasteiger partial charge in [-0.15, -0.1) is 0 Å². The average Bonchev–Trinajstić information content (AvgIpc) is 2.39. The third-order valence-electron chi connectivity index (χ3n) is 3.54. The molecule has 0 amide bonds. The Kier molecular flexibility index (Phi) is 4.43. The van der Waals surface area contributed by atoms with Crippen LogP contribution in [0.4, 0.5) is 0 Å². The second-order valence-corrected chi connectivity index (χ2v) is 4.92. The van der Waals surface area contributed by atoms with E-state index >= 15 is 0 Å². The van der Waals surface area contributed by atoms with E-state index in [-0.39, 0.29) is 6.10 Å². The number of hydrogen-bond acceptors (Lipinski definition) is 2. The van der Waals surface area contributed by atoms with Gasteiger partial charge in [0, 0.05) is 6.04 Å². The van der Waals surface area contributed by atoms with E-state index < -0.39 is 0 Å². The molecule has 0 spiro atoms. The zero-order valence-electron chi connectivity index (χ0n) is 11.4. The maximum absolute atomic E-state index is 5.81. The third-order valence-corrected chi connectivity index (χ3v) is 3.54. The SMILES string of the molecule is C=CC(C)Oc1ccc2c(c1)C(NCC)CCC2. The maximum Gasteiger partial charge on any atom is 0.120 e. The van der Waals surface area contributed by atoms with E-state index in [1.54, 1.807) is 0 Å². The highest BCUT2D eigenvalue weighted by Gasteiger charge is 2.19. The summed E-state index contributed by atoms with van der Waals surface area (Å²) in [6.45, 7) is 8.93. The summed E-state index contributed by atoms with van der Waals surface area (Å²) >= 11 is 0. The molecule has 1 aliphatic carbocycles. The molecular formula is C16H23NO. The second-order valence-electron chi connectivity index (χ2n) is 4.92. The van der Waals surface area contributed by atoms with E-state index in [1.165, 1.54) is 30.4 Å². The third kappa shape index (κ3) is 2.94. The van der Waals surface area contributed by atoms with Gasteiger partial charge in [0.15, 0.2) is 0 Å². The van der Waals surface area contributed by atoms with E-state index in [2.05, 4.69) is 37.0 Å². The lowest BCUT2D eigenvalue weighted by Gasteiger charge is -2.27. The molecule has 2 heteroatoms. The zero-order chi connectivity index (χ0) is 13.0. The van der Waals surface area contributed by atoms with E-state index in [0.29, 0.717) is 6.04 Å². The highest BCUT2D eigenvalue weighted by molar-refractivity contribution is 5.39. The van der Waals surface area contributed by atoms with Crippen molar-refractivity contribution in [2.45, 2.75) is 45.3 Å². The molecule has 18 heavy (non-hydrogen) atoms. The topological polar surface area (TPSA) is 21.3 Å². The Labute approximate surface area is 110 Å². The lowest BCUT2D eigenvalue weighted by atomic mass is 9.87. The molecular weight excluding hydrogens is 222 g/mol. The molecule has 0 aromatic heterocycles. The second kappa shape index (κ2) is 6.05. The summed E-state index contributed by atoms with van der Waals surface area (Å²) in [5.74, 6) is 0.950. The molecule has 2 unspecified atom stereocenters. The van der Waals surface area contributed by atoms with Crippen LogP contribution in [0.15, 0.2) is 30.9 Å². The van der Waals surface area contributed by atoms with Crippen molar-refractivity contribution in [2.24, 2.45) is 0 Å². The van der Waals surface area contributed by atoms with Crippen LogP contribution < -0.4 is 10.1 Å². The summed E-state index contributed by atoms with van der Waals surface area (Å²) < 4.78 is 5.81. The highest BCUT2D eigenvalue weighted by atomic mass is 16.5. The minimum absolute atomic E-state index is 0.0595. The van der Waals surface area contributed by atoms with Crippen LogP contribution in [-0.4, -0.2) is 12.6 Å². The molecule has 1 N–H and O–H groups in total. The Morgan fingerprint density at radius 1 is 1.56 bits per heavy atom. The molecule has 0 fully saturated rings. The number of ether oxygens (including phenoxy) is 1. The van der Waals surface area contributed by atoms with Crippen LogP contribution in [0.25, 0.3) is 0 Å². The molecule has 1 aromatic rings. The molecule has 0 saturated heterocycles. The van der Waals surface area contributed by atoms with Gasteiger partial charge in [0.2, 0.25) is 0 Å². The molecule has 2 rings (SSSR count). The van der Waals surface area contributed by atoms with Crippen LogP contribution in [0.3, 0.4) is 0 Å². The van der Waals surface area contributed by atoms with Gasteiger partial charge in [0.1, 0.15) is 11.9 Å². The van der Waals surface area contributed by atoms with Gasteiger partial charge in [-0.05, 0) is 56.0 Å². The van der Waals surface area contributed by atoms with Crippen molar-refractivity contribution in [1.29, 1.82) is 0 Å². The Morgan fingerprint density at radius 3 is 3.11 bits per heavy atom. The quantitative estimate of drug-likeness (QED) is 0.800. The van der Waals surface area contributed by atoms with Gasteiger partial charge in [0.25, 0.3) is 0 Å². The number of nitrogens with one attached hydrogen (secondary N) is 1. The first kappa shape index (κ1) is 13.2. The summed E-state index contributed by atoms with van der Waals surface area (Å²) in [5, 5.41) is 3.56. The van der Waals surface area contributed by atoms with Crippen LogP contribution >= 0.6 is 0 Å². The molecule has 0 heterocycles. The Bertz CT molecular complexity index is 414. The first-order valence-electron chi connectivity index (χ1n) is 6.90. The first-order chi connectivity index (χ1) is 8.74. The molecule has 2 atom stereocenters. The summed E-state index contributed by atoms with van der Waals surface area (Å²) in [6.07, 6.45) is 5.56. The predicted octanol–water partition coefficient (Wildman–Crippen LogP) is 3.63. The van der Waals surface area contributed by atoms with Crippen molar-refractivity contribution >= 4 is 0 Å². The van der Waals surface area contributed by atoms with E-state index in [1.807, 2.05) is 13.0 Å². The summed E-state index contributed by atoms with van der Waals surface area (Å²) in [6, 6.07) is 6.97. The monoisotopic (exact) mass is 245 g/mol. The smallest absolute Gasteiger partial charge is 0.120 e. The van der Waals surface area contributed by atoms with Gasteiger partial charge in [-0.25, -0.2) is 0 Å². The molecule has 0 bridgehead atoms. The van der Waals surface area contributed by atoms with Gasteiger partial charge in [-0.2, -0.15) is 0 Å². The van der Waals surface area contributed by atoms with Crippen molar-refractivity contribution in [3.8, 4) is 5.75 Å². The fourth-order valence-electron chi connectivity index (χ4n) is 2.57. The van der Waals surface area contributed by atoms with E-state index in [0.717, 1.165) is 12.3 Å². The molecule has 0 saturated carbocycles. The van der Waals surface area contributed by atoms with Gasteiger partial charge in [-0.3, -0.25) is 0 Å². The molecule has 1 aliphatic rings. The van der Waals surface area contributed by atoms with Crippen molar-refractivity contribution < 1.29 is 4.74 Å². The largest absolute Gasteiger partial charge is 0.487 e. The maximum atomic E-state index is 5.81. The van der Waals surface area contributed by atoms with Gasteiger partial charge in [-0.1, -0.05) is 25.6 Å². The molecule has 0 aliphatic heterocycles. The van der Waals surface area contributed by atoms with Crippen LogP contribution in [0.2, 0.25) is 0 Å². The van der Waals surface area contributed by atoms with Crippen molar-refractivity contribution in [2.75, 3.05) is 6.54 Å². The van der Waals surface area contributed by atoms with Crippen molar-refractivity contribution in [1.82, 2.24) is 5.32 Å². The highest BCUT2D eigenvalue weighted by Crippen LogP contribution is 2.32. The zero-order valence-corrected chi connectivity index (χ0v) is 11.4. The lowest BCUT2D eigenvalue weighted by Crippen LogP contribution is -2.25. The fourth-order valence-corrected chi connectivity index (χ4v) is 2.57. The number of rotatable bonds is 5. The van der Waals surface area contributed by atoms with Crippen LogP contribution in [0.5, 0.6) is 5.75 Å². The van der Waals surface area contributed by atoms with Crippen LogP contribution in [0, 0.1) is 0 Å². The number of aryl methyl sites for hydroxylation is 1. The lowest BCUT2D eigenvalue weighted by molar-refractivity contribution is 0.269. The molecule has 98 valence electrons. The number of hydrogen-bond donors (Lipinski definition) is 1. The van der Waals surface area contributed by atoms with Crippen molar-refractivity contribution in [3.63, 3.8) is 0 Å². The average molecular weight is 245 g/mol. The van der Waals surface area contributed by atoms with Crippen LogP contribution in [-0.2, 0) is 6.42 Å². The van der Waals surface area contributed by atoms with E-state index in [9.17, 15) is 0 Å². The summed E-state index contributed by atoms with van der Waals surface area (Å²) in [4.78, 5) is 0. The van der Waals surface area contributed by atoms with Crippen LogP contribution in [0.1, 0.15) is 43.9 Å². The first-order valence-corrected chi connectivity index (χ1v) is 6.90. The van der Waals surface area contributed by atoms with E-state index in [4.69, 9.17) is 4.74 Å². The van der Waals surface area contributed by atoms with Gasteiger partial charge in [0.05, 0.1) is 0 Å². The summed E-state index contributed by atoms with van der Waals surface area (Å²) in [5.41, 5.74) is 2.88. The van der Waals surface area contributed by atoms with Gasteiger partial charge < -0.3 is 10.1 Å². The fraction of sp³-hybridized carbons (Fsp3) is 0.500. The van der Waals surface area contributed by atoms with Crippen molar-refractivity contribution in [3.05, 3.63) is 42.0 Å². The predicted molar refractivity (Wildman–Crippen MR) is 76.1 cm³/mol. The Hall–Kier alpha value is -1.28. The normalized spacial score (nSPS) is 20.0. The summed E-state index contributed by atoms with van der Waals surface area (Å²) in [7, 11) is 0. The standard InChI is InChI=1S/C16H23NO/c1-4-12(3)18-14-10-9-13-7-6-8-16(17-5-2)15(13)11-14/h4,9-12,16-17H,1,5-8H2,2-3H3. The molecule has 1 aromatic carbocycles.